The molecule has 0 bridgehead atoms. The lowest BCUT2D eigenvalue weighted by molar-refractivity contribution is -0.116. The first-order valence-corrected chi connectivity index (χ1v) is 8.03. The molecule has 2 aromatic rings. The van der Waals surface area contributed by atoms with Crippen LogP contribution in [0, 0.1) is 0 Å². The van der Waals surface area contributed by atoms with Gasteiger partial charge in [-0.3, -0.25) is 4.79 Å². The average Bonchev–Trinajstić information content (AvgIpc) is 2.64. The van der Waals surface area contributed by atoms with Crippen molar-refractivity contribution in [3.8, 4) is 11.5 Å². The van der Waals surface area contributed by atoms with Gasteiger partial charge >= 0.3 is 0 Å². The highest BCUT2D eigenvalue weighted by molar-refractivity contribution is 5.91. The Morgan fingerprint density at radius 1 is 1.12 bits per heavy atom. The van der Waals surface area contributed by atoms with Crippen molar-refractivity contribution in [1.82, 2.24) is 5.32 Å². The lowest BCUT2D eigenvalue weighted by Gasteiger charge is -2.10. The van der Waals surface area contributed by atoms with Gasteiger partial charge in [-0.05, 0) is 35.8 Å². The van der Waals surface area contributed by atoms with Crippen LogP contribution < -0.4 is 14.8 Å². The van der Waals surface area contributed by atoms with Gasteiger partial charge in [-0.2, -0.15) is 0 Å². The van der Waals surface area contributed by atoms with Crippen LogP contribution in [0.5, 0.6) is 11.5 Å². The van der Waals surface area contributed by atoms with Gasteiger partial charge in [0.15, 0.2) is 11.5 Å². The normalized spacial score (nSPS) is 10.6. The van der Waals surface area contributed by atoms with E-state index in [0.29, 0.717) is 24.7 Å². The molecule has 126 valence electrons. The van der Waals surface area contributed by atoms with Gasteiger partial charge in [0.05, 0.1) is 13.7 Å². The second-order valence-corrected chi connectivity index (χ2v) is 5.30. The molecule has 0 spiro atoms. The van der Waals surface area contributed by atoms with Crippen molar-refractivity contribution in [3.63, 3.8) is 0 Å². The van der Waals surface area contributed by atoms with Crippen molar-refractivity contribution in [2.24, 2.45) is 0 Å². The van der Waals surface area contributed by atoms with Crippen molar-refractivity contribution in [3.05, 3.63) is 65.7 Å². The summed E-state index contributed by atoms with van der Waals surface area (Å²) in [6.07, 6.45) is 4.21. The molecule has 4 heteroatoms. The van der Waals surface area contributed by atoms with E-state index < -0.39 is 0 Å². The Labute approximate surface area is 143 Å². The molecule has 0 fully saturated rings. The maximum absolute atomic E-state index is 11.9. The number of benzene rings is 2. The summed E-state index contributed by atoms with van der Waals surface area (Å²) in [5.41, 5.74) is 1.95. The molecule has 2 rings (SSSR count). The quantitative estimate of drug-likeness (QED) is 0.751. The first-order chi connectivity index (χ1) is 11.7. The fourth-order valence-corrected chi connectivity index (χ4v) is 2.13. The number of nitrogens with one attached hydrogen (secondary N) is 1. The summed E-state index contributed by atoms with van der Waals surface area (Å²) in [7, 11) is 1.61. The van der Waals surface area contributed by atoms with Gasteiger partial charge in [-0.1, -0.05) is 43.3 Å². The molecule has 0 aliphatic rings. The van der Waals surface area contributed by atoms with Gasteiger partial charge in [0.25, 0.3) is 0 Å². The van der Waals surface area contributed by atoms with Crippen LogP contribution in [-0.2, 0) is 11.3 Å². The lowest BCUT2D eigenvalue weighted by atomic mass is 10.2. The second-order valence-electron chi connectivity index (χ2n) is 5.30. The molecule has 4 nitrogen and oxygen atoms in total. The van der Waals surface area contributed by atoms with Crippen molar-refractivity contribution in [1.29, 1.82) is 0 Å². The molecule has 0 saturated heterocycles. The maximum Gasteiger partial charge on any atom is 0.244 e. The fraction of sp³-hybridized carbons (Fsp3) is 0.250. The molecule has 0 saturated carbocycles. The molecular formula is C20H23NO3. The summed E-state index contributed by atoms with van der Waals surface area (Å²) in [6, 6.07) is 15.4. The van der Waals surface area contributed by atoms with Crippen molar-refractivity contribution in [2.45, 2.75) is 19.9 Å². The van der Waals surface area contributed by atoms with E-state index in [1.165, 1.54) is 6.08 Å². The number of methoxy groups -OCH3 is 1. The van der Waals surface area contributed by atoms with Gasteiger partial charge < -0.3 is 14.8 Å². The van der Waals surface area contributed by atoms with Crippen LogP contribution in [-0.4, -0.2) is 19.6 Å². The third-order valence-corrected chi connectivity index (χ3v) is 3.39. The van der Waals surface area contributed by atoms with E-state index in [1.54, 1.807) is 13.2 Å². The maximum atomic E-state index is 11.9. The molecule has 2 aromatic carbocycles. The Morgan fingerprint density at radius 3 is 2.62 bits per heavy atom. The van der Waals surface area contributed by atoms with Crippen LogP contribution in [0.4, 0.5) is 0 Å². The van der Waals surface area contributed by atoms with Crippen LogP contribution in [0.25, 0.3) is 6.08 Å². The number of ether oxygens (including phenoxy) is 2. The predicted molar refractivity (Wildman–Crippen MR) is 96.1 cm³/mol. The minimum Gasteiger partial charge on any atom is -0.493 e. The molecule has 0 aliphatic heterocycles. The highest BCUT2D eigenvalue weighted by atomic mass is 16.5. The zero-order chi connectivity index (χ0) is 17.2. The minimum atomic E-state index is -0.135. The van der Waals surface area contributed by atoms with Gasteiger partial charge in [0.2, 0.25) is 5.91 Å². The number of carbonyl (C=O) groups excluding carboxylic acids is 1. The highest BCUT2D eigenvalue weighted by Crippen LogP contribution is 2.28. The number of hydrogen-bond acceptors (Lipinski definition) is 3. The molecule has 0 aromatic heterocycles. The fourth-order valence-electron chi connectivity index (χ4n) is 2.13. The SMILES string of the molecule is CCCOc1ccc(/C=C/C(=O)NCc2ccccc2)cc1OC. The van der Waals surface area contributed by atoms with Crippen molar-refractivity contribution in [2.75, 3.05) is 13.7 Å². The summed E-state index contributed by atoms with van der Waals surface area (Å²) in [6.45, 7) is 3.21. The van der Waals surface area contributed by atoms with Crippen molar-refractivity contribution >= 4 is 12.0 Å². The molecular weight excluding hydrogens is 302 g/mol. The Hall–Kier alpha value is -2.75. The van der Waals surface area contributed by atoms with E-state index in [1.807, 2.05) is 48.5 Å². The predicted octanol–water partition coefficient (Wildman–Crippen LogP) is 3.81. The minimum absolute atomic E-state index is 0.135. The largest absolute Gasteiger partial charge is 0.493 e. The molecule has 0 unspecified atom stereocenters. The van der Waals surface area contributed by atoms with Crippen LogP contribution in [0.3, 0.4) is 0 Å². The zero-order valence-corrected chi connectivity index (χ0v) is 14.1. The number of amides is 1. The van der Waals surface area contributed by atoms with Crippen molar-refractivity contribution < 1.29 is 14.3 Å². The van der Waals surface area contributed by atoms with Gasteiger partial charge in [0, 0.05) is 12.6 Å². The Bertz CT molecular complexity index is 681. The molecule has 0 radical (unpaired) electrons. The topological polar surface area (TPSA) is 47.6 Å². The molecule has 1 amide bonds. The number of rotatable bonds is 8. The zero-order valence-electron chi connectivity index (χ0n) is 14.1. The van der Waals surface area contributed by atoms with E-state index in [2.05, 4.69) is 12.2 Å². The molecule has 0 heterocycles. The standard InChI is InChI=1S/C20H23NO3/c1-3-13-24-18-11-9-16(14-19(18)23-2)10-12-20(22)21-15-17-7-5-4-6-8-17/h4-12,14H,3,13,15H2,1-2H3,(H,21,22)/b12-10+. The number of hydrogen-bond donors (Lipinski definition) is 1. The second kappa shape index (κ2) is 9.40. The summed E-state index contributed by atoms with van der Waals surface area (Å²) < 4.78 is 11.0. The highest BCUT2D eigenvalue weighted by Gasteiger charge is 2.04. The van der Waals surface area contributed by atoms with Crippen LogP contribution in [0.2, 0.25) is 0 Å². The Balaban J connectivity index is 1.94. The monoisotopic (exact) mass is 325 g/mol. The van der Waals surface area contributed by atoms with Crippen LogP contribution in [0.1, 0.15) is 24.5 Å². The van der Waals surface area contributed by atoms with E-state index in [9.17, 15) is 4.79 Å². The van der Waals surface area contributed by atoms with E-state index in [4.69, 9.17) is 9.47 Å². The molecule has 0 aliphatic carbocycles. The molecule has 1 N–H and O–H groups in total. The summed E-state index contributed by atoms with van der Waals surface area (Å²) in [5, 5.41) is 2.86. The summed E-state index contributed by atoms with van der Waals surface area (Å²) in [4.78, 5) is 11.9. The van der Waals surface area contributed by atoms with Crippen LogP contribution >= 0.6 is 0 Å². The Morgan fingerprint density at radius 2 is 1.92 bits per heavy atom. The third kappa shape index (κ3) is 5.47. The number of carbonyl (C=O) groups is 1. The van der Waals surface area contributed by atoms with E-state index >= 15 is 0 Å². The smallest absolute Gasteiger partial charge is 0.244 e. The lowest BCUT2D eigenvalue weighted by Crippen LogP contribution is -2.20. The van der Waals surface area contributed by atoms with E-state index in [-0.39, 0.29) is 5.91 Å². The third-order valence-electron chi connectivity index (χ3n) is 3.39. The van der Waals surface area contributed by atoms with Gasteiger partial charge in [-0.25, -0.2) is 0 Å². The van der Waals surface area contributed by atoms with E-state index in [0.717, 1.165) is 17.5 Å². The van der Waals surface area contributed by atoms with Gasteiger partial charge in [0.1, 0.15) is 0 Å². The van der Waals surface area contributed by atoms with Gasteiger partial charge in [-0.15, -0.1) is 0 Å². The van der Waals surface area contributed by atoms with Crippen LogP contribution in [0.15, 0.2) is 54.6 Å². The molecule has 24 heavy (non-hydrogen) atoms. The summed E-state index contributed by atoms with van der Waals surface area (Å²) >= 11 is 0. The average molecular weight is 325 g/mol. The first-order valence-electron chi connectivity index (χ1n) is 8.03. The molecule has 0 atom stereocenters. The first kappa shape index (κ1) is 17.6. The Kier molecular flexibility index (Phi) is 6.90. The summed E-state index contributed by atoms with van der Waals surface area (Å²) in [5.74, 6) is 1.24.